The monoisotopic (exact) mass is 619 g/mol. The first kappa shape index (κ1) is 25.5. The molecule has 0 aromatic heterocycles. The molecule has 35 heavy (non-hydrogen) atoms. The van der Waals surface area contributed by atoms with E-state index < -0.39 is 5.25 Å². The molecule has 6 nitrogen and oxygen atoms in total. The molecule has 3 aromatic carbocycles. The first-order chi connectivity index (χ1) is 16.9. The van der Waals surface area contributed by atoms with Crippen LogP contribution in [0.5, 0.6) is 5.75 Å². The number of hydrogen-bond acceptors (Lipinski definition) is 5. The summed E-state index contributed by atoms with van der Waals surface area (Å²) in [5.41, 5.74) is 2.39. The summed E-state index contributed by atoms with van der Waals surface area (Å²) in [6.07, 6.45) is 0.739. The number of carbonyl (C=O) groups excluding carboxylic acids is 2. The van der Waals surface area contributed by atoms with E-state index in [0.29, 0.717) is 34.5 Å². The van der Waals surface area contributed by atoms with Crippen molar-refractivity contribution in [3.05, 3.63) is 87.0 Å². The van der Waals surface area contributed by atoms with Crippen LogP contribution in [0, 0.1) is 3.57 Å². The molecule has 4 rings (SSSR count). The molecule has 1 heterocycles. The summed E-state index contributed by atoms with van der Waals surface area (Å²) >= 11 is 9.65. The highest BCUT2D eigenvalue weighted by molar-refractivity contribution is 14.1. The second-order valence-electron chi connectivity index (χ2n) is 7.82. The Morgan fingerprint density at radius 2 is 1.91 bits per heavy atom. The third-order valence-electron chi connectivity index (χ3n) is 5.36. The van der Waals surface area contributed by atoms with Crippen LogP contribution in [0.1, 0.15) is 12.0 Å². The summed E-state index contributed by atoms with van der Waals surface area (Å²) in [5.74, 6) is 0.419. The van der Waals surface area contributed by atoms with Crippen molar-refractivity contribution >= 4 is 74.3 Å². The molecular weight excluding hydrogens is 597 g/mol. The fraction of sp³-hybridized carbons (Fsp3) is 0.192. The van der Waals surface area contributed by atoms with Crippen LogP contribution in [0.4, 0.5) is 11.4 Å². The number of hydrogen-bond donors (Lipinski definition) is 1. The van der Waals surface area contributed by atoms with Crippen LogP contribution in [0.3, 0.4) is 0 Å². The molecule has 0 aliphatic carbocycles. The van der Waals surface area contributed by atoms with Gasteiger partial charge in [-0.25, -0.2) is 4.99 Å². The van der Waals surface area contributed by atoms with Gasteiger partial charge in [-0.3, -0.25) is 14.5 Å². The minimum Gasteiger partial charge on any atom is -0.497 e. The van der Waals surface area contributed by atoms with Crippen molar-refractivity contribution in [1.29, 1.82) is 0 Å². The maximum absolute atomic E-state index is 13.2. The number of methoxy groups -OCH3 is 1. The van der Waals surface area contributed by atoms with Gasteiger partial charge in [0.05, 0.1) is 12.8 Å². The normalized spacial score (nSPS) is 16.9. The van der Waals surface area contributed by atoms with Gasteiger partial charge in [-0.05, 0) is 89.2 Å². The van der Waals surface area contributed by atoms with Gasteiger partial charge in [0, 0.05) is 27.2 Å². The van der Waals surface area contributed by atoms with Crippen LogP contribution in [-0.4, -0.2) is 40.8 Å². The highest BCUT2D eigenvalue weighted by atomic mass is 127. The number of halogens is 2. The maximum Gasteiger partial charge on any atom is 0.238 e. The molecule has 1 saturated heterocycles. The van der Waals surface area contributed by atoms with E-state index in [-0.39, 0.29) is 18.2 Å². The predicted molar refractivity (Wildman–Crippen MR) is 151 cm³/mol. The first-order valence-electron chi connectivity index (χ1n) is 10.9. The van der Waals surface area contributed by atoms with E-state index in [4.69, 9.17) is 21.3 Å². The lowest BCUT2D eigenvalue weighted by Crippen LogP contribution is -2.46. The zero-order valence-corrected chi connectivity index (χ0v) is 22.6. The lowest BCUT2D eigenvalue weighted by Gasteiger charge is -2.32. The fourth-order valence-electron chi connectivity index (χ4n) is 3.51. The van der Waals surface area contributed by atoms with Crippen LogP contribution < -0.4 is 10.1 Å². The van der Waals surface area contributed by atoms with Gasteiger partial charge < -0.3 is 10.1 Å². The van der Waals surface area contributed by atoms with Crippen molar-refractivity contribution in [2.75, 3.05) is 19.0 Å². The SMILES string of the molecule is COc1ccc(CCN2C(=O)CC(C(=O)Nc3ccc(I)cc3)SC2=Nc2cccc(Cl)c2)cc1. The van der Waals surface area contributed by atoms with Crippen LogP contribution in [0.2, 0.25) is 5.02 Å². The Hall–Kier alpha value is -2.56. The Kier molecular flexibility index (Phi) is 8.69. The van der Waals surface area contributed by atoms with Crippen molar-refractivity contribution in [1.82, 2.24) is 4.90 Å². The zero-order chi connectivity index (χ0) is 24.8. The number of amides is 2. The number of carbonyl (C=O) groups is 2. The van der Waals surface area contributed by atoms with Crippen LogP contribution in [0.25, 0.3) is 0 Å². The number of ether oxygens (including phenoxy) is 1. The zero-order valence-electron chi connectivity index (χ0n) is 18.9. The highest BCUT2D eigenvalue weighted by Gasteiger charge is 2.35. The minimum absolute atomic E-state index is 0.0953. The number of nitrogens with one attached hydrogen (secondary N) is 1. The summed E-state index contributed by atoms with van der Waals surface area (Å²) in [4.78, 5) is 32.6. The van der Waals surface area contributed by atoms with Crippen LogP contribution in [-0.2, 0) is 16.0 Å². The van der Waals surface area contributed by atoms with E-state index in [9.17, 15) is 9.59 Å². The Bertz CT molecular complexity index is 1240. The van der Waals surface area contributed by atoms with Gasteiger partial charge in [-0.15, -0.1) is 0 Å². The van der Waals surface area contributed by atoms with E-state index in [1.165, 1.54) is 11.8 Å². The van der Waals surface area contributed by atoms with Crippen molar-refractivity contribution in [2.24, 2.45) is 4.99 Å². The van der Waals surface area contributed by atoms with E-state index in [0.717, 1.165) is 14.9 Å². The average molecular weight is 620 g/mol. The molecule has 2 amide bonds. The van der Waals surface area contributed by atoms with Gasteiger partial charge in [0.25, 0.3) is 0 Å². The molecule has 1 fully saturated rings. The van der Waals surface area contributed by atoms with Gasteiger partial charge in [-0.2, -0.15) is 0 Å². The summed E-state index contributed by atoms with van der Waals surface area (Å²) in [6, 6.07) is 22.4. The fourth-order valence-corrected chi connectivity index (χ4v) is 5.18. The molecule has 0 spiro atoms. The quantitative estimate of drug-likeness (QED) is 0.322. The minimum atomic E-state index is -0.586. The third-order valence-corrected chi connectivity index (χ3v) is 7.50. The van der Waals surface area contributed by atoms with Gasteiger partial charge in [0.1, 0.15) is 11.0 Å². The van der Waals surface area contributed by atoms with Crippen molar-refractivity contribution in [3.8, 4) is 5.75 Å². The Balaban J connectivity index is 1.54. The molecular formula is C26H23ClIN3O3S. The number of aliphatic imine (C=N–C) groups is 1. The number of nitrogens with zero attached hydrogens (tertiary/aromatic N) is 2. The van der Waals surface area contributed by atoms with Gasteiger partial charge >= 0.3 is 0 Å². The third kappa shape index (κ3) is 6.99. The Morgan fingerprint density at radius 1 is 1.17 bits per heavy atom. The molecule has 0 bridgehead atoms. The molecule has 0 radical (unpaired) electrons. The lowest BCUT2D eigenvalue weighted by molar-refractivity contribution is -0.129. The number of rotatable bonds is 7. The van der Waals surface area contributed by atoms with Gasteiger partial charge in [0.15, 0.2) is 5.17 Å². The van der Waals surface area contributed by atoms with E-state index in [1.807, 2.05) is 54.6 Å². The second-order valence-corrected chi connectivity index (χ2v) is 10.7. The molecule has 1 unspecified atom stereocenters. The largest absolute Gasteiger partial charge is 0.497 e. The summed E-state index contributed by atoms with van der Waals surface area (Å²) < 4.78 is 6.30. The molecule has 3 aromatic rings. The van der Waals surface area contributed by atoms with E-state index in [2.05, 4.69) is 27.9 Å². The topological polar surface area (TPSA) is 71.0 Å². The molecule has 1 aliphatic rings. The second kappa shape index (κ2) is 11.9. The van der Waals surface area contributed by atoms with E-state index >= 15 is 0 Å². The summed E-state index contributed by atoms with van der Waals surface area (Å²) in [7, 11) is 1.63. The van der Waals surface area contributed by atoms with Crippen molar-refractivity contribution in [2.45, 2.75) is 18.1 Å². The number of benzene rings is 3. The average Bonchev–Trinajstić information content (AvgIpc) is 2.85. The molecule has 1 aliphatic heterocycles. The molecule has 1 atom stereocenters. The predicted octanol–water partition coefficient (Wildman–Crippen LogP) is 6.16. The van der Waals surface area contributed by atoms with E-state index in [1.54, 1.807) is 30.2 Å². The number of anilines is 1. The van der Waals surface area contributed by atoms with Crippen LogP contribution >= 0.6 is 46.0 Å². The summed E-state index contributed by atoms with van der Waals surface area (Å²) in [5, 5.41) is 3.37. The van der Waals surface area contributed by atoms with Crippen molar-refractivity contribution < 1.29 is 14.3 Å². The standard InChI is InChI=1S/C26H23ClIN3O3S/c1-34-22-11-5-17(6-12-22)13-14-31-24(32)16-23(25(33)29-20-9-7-19(28)8-10-20)35-26(31)30-21-4-2-3-18(27)15-21/h2-12,15,23H,13-14,16H2,1H3,(H,29,33). The molecule has 9 heteroatoms. The Morgan fingerprint density at radius 3 is 2.60 bits per heavy atom. The summed E-state index contributed by atoms with van der Waals surface area (Å²) in [6.45, 7) is 0.447. The highest BCUT2D eigenvalue weighted by Crippen LogP contribution is 2.31. The van der Waals surface area contributed by atoms with Gasteiger partial charge in [-0.1, -0.05) is 41.6 Å². The number of thioether (sulfide) groups is 1. The first-order valence-corrected chi connectivity index (χ1v) is 13.3. The Labute approximate surface area is 227 Å². The van der Waals surface area contributed by atoms with Crippen LogP contribution in [0.15, 0.2) is 77.8 Å². The lowest BCUT2D eigenvalue weighted by atomic mass is 10.1. The molecule has 1 N–H and O–H groups in total. The molecule has 0 saturated carbocycles. The van der Waals surface area contributed by atoms with Crippen molar-refractivity contribution in [3.63, 3.8) is 0 Å². The smallest absolute Gasteiger partial charge is 0.238 e. The van der Waals surface area contributed by atoms with Gasteiger partial charge in [0.2, 0.25) is 11.8 Å². The molecule has 180 valence electrons. The maximum atomic E-state index is 13.2. The number of amidine groups is 1.